The molecule has 0 atom stereocenters. The van der Waals surface area contributed by atoms with Crippen LogP contribution >= 0.6 is 0 Å². The van der Waals surface area contributed by atoms with Gasteiger partial charge in [0.05, 0.1) is 13.2 Å². The third-order valence-corrected chi connectivity index (χ3v) is 2.35. The lowest BCUT2D eigenvalue weighted by molar-refractivity contribution is -0.142. The van der Waals surface area contributed by atoms with E-state index in [1.165, 1.54) is 0 Å². The Kier molecular flexibility index (Phi) is 7.13. The highest BCUT2D eigenvalue weighted by molar-refractivity contribution is 5.94. The maximum atomic E-state index is 11.7. The summed E-state index contributed by atoms with van der Waals surface area (Å²) in [7, 11) is 0. The summed E-state index contributed by atoms with van der Waals surface area (Å²) >= 11 is 0. The van der Waals surface area contributed by atoms with Gasteiger partial charge in [0, 0.05) is 12.1 Å². The Hall–Kier alpha value is -2.08. The molecule has 0 aliphatic rings. The van der Waals surface area contributed by atoms with Crippen LogP contribution in [0.1, 0.15) is 23.7 Å². The van der Waals surface area contributed by atoms with E-state index in [2.05, 4.69) is 5.32 Å². The monoisotopic (exact) mass is 281 g/mol. The second-order valence-corrected chi connectivity index (χ2v) is 4.08. The van der Waals surface area contributed by atoms with E-state index in [-0.39, 0.29) is 25.7 Å². The lowest BCUT2D eigenvalue weighted by Crippen LogP contribution is -2.27. The molecule has 0 saturated carbocycles. The molecule has 20 heavy (non-hydrogen) atoms. The van der Waals surface area contributed by atoms with Crippen LogP contribution < -0.4 is 10.1 Å². The molecule has 6 heteroatoms. The molecule has 0 aromatic heterocycles. The van der Waals surface area contributed by atoms with Gasteiger partial charge in [-0.2, -0.15) is 0 Å². The zero-order valence-corrected chi connectivity index (χ0v) is 11.4. The number of hydrogen-bond acceptors (Lipinski definition) is 4. The predicted molar refractivity (Wildman–Crippen MR) is 73.0 cm³/mol. The van der Waals surface area contributed by atoms with Crippen molar-refractivity contribution in [2.75, 3.05) is 26.4 Å². The first-order valence-corrected chi connectivity index (χ1v) is 6.44. The van der Waals surface area contributed by atoms with E-state index in [1.54, 1.807) is 24.3 Å². The maximum Gasteiger partial charge on any atom is 0.329 e. The number of aliphatic carboxylic acids is 1. The Morgan fingerprint density at radius 1 is 1.20 bits per heavy atom. The van der Waals surface area contributed by atoms with E-state index in [4.69, 9.17) is 14.6 Å². The maximum absolute atomic E-state index is 11.7. The van der Waals surface area contributed by atoms with Crippen molar-refractivity contribution in [2.24, 2.45) is 0 Å². The summed E-state index contributed by atoms with van der Waals surface area (Å²) in [6, 6.07) is 6.84. The first-order chi connectivity index (χ1) is 9.63. The Labute approximate surface area is 117 Å². The molecule has 2 N–H and O–H groups in total. The highest BCUT2D eigenvalue weighted by Gasteiger charge is 2.05. The van der Waals surface area contributed by atoms with Gasteiger partial charge in [-0.05, 0) is 30.7 Å². The molecule has 1 rings (SSSR count). The Morgan fingerprint density at radius 3 is 2.50 bits per heavy atom. The summed E-state index contributed by atoms with van der Waals surface area (Å²) in [6.45, 7) is 2.73. The highest BCUT2D eigenvalue weighted by Crippen LogP contribution is 2.12. The number of rotatable bonds is 9. The second kappa shape index (κ2) is 8.92. The van der Waals surface area contributed by atoms with Crippen LogP contribution in [0.15, 0.2) is 24.3 Å². The minimum absolute atomic E-state index is 0.162. The van der Waals surface area contributed by atoms with E-state index in [0.717, 1.165) is 12.2 Å². The van der Waals surface area contributed by atoms with Gasteiger partial charge in [0.25, 0.3) is 5.91 Å². The van der Waals surface area contributed by atoms with E-state index in [9.17, 15) is 9.59 Å². The molecule has 0 unspecified atom stereocenters. The van der Waals surface area contributed by atoms with Gasteiger partial charge in [0.1, 0.15) is 12.4 Å². The van der Waals surface area contributed by atoms with Crippen molar-refractivity contribution in [2.45, 2.75) is 13.3 Å². The number of carbonyl (C=O) groups is 2. The molecule has 0 fully saturated rings. The fourth-order valence-electron chi connectivity index (χ4n) is 1.42. The van der Waals surface area contributed by atoms with Gasteiger partial charge in [-0.25, -0.2) is 4.79 Å². The number of carbonyl (C=O) groups excluding carboxylic acids is 1. The summed E-state index contributed by atoms with van der Waals surface area (Å²) in [5.41, 5.74) is 0.520. The number of ether oxygens (including phenoxy) is 2. The van der Waals surface area contributed by atoms with Gasteiger partial charge >= 0.3 is 5.97 Å². The van der Waals surface area contributed by atoms with Crippen LogP contribution in [-0.2, 0) is 9.53 Å². The van der Waals surface area contributed by atoms with Crippen LogP contribution in [-0.4, -0.2) is 43.3 Å². The van der Waals surface area contributed by atoms with Crippen LogP contribution in [0.4, 0.5) is 0 Å². The summed E-state index contributed by atoms with van der Waals surface area (Å²) in [4.78, 5) is 21.9. The van der Waals surface area contributed by atoms with Crippen molar-refractivity contribution >= 4 is 11.9 Å². The summed E-state index contributed by atoms with van der Waals surface area (Å²) in [5.74, 6) is -0.529. The zero-order valence-electron chi connectivity index (χ0n) is 11.4. The molecule has 6 nitrogen and oxygen atoms in total. The van der Waals surface area contributed by atoms with E-state index in [0.29, 0.717) is 12.2 Å². The van der Waals surface area contributed by atoms with Gasteiger partial charge in [-0.3, -0.25) is 4.79 Å². The molecular formula is C14H19NO5. The summed E-state index contributed by atoms with van der Waals surface area (Å²) in [5, 5.41) is 11.0. The number of benzene rings is 1. The molecule has 1 amide bonds. The zero-order chi connectivity index (χ0) is 14.8. The lowest BCUT2D eigenvalue weighted by atomic mass is 10.2. The molecule has 1 aromatic carbocycles. The minimum atomic E-state index is -1.03. The molecule has 0 heterocycles. The minimum Gasteiger partial charge on any atom is -0.494 e. The number of amides is 1. The first kappa shape index (κ1) is 16.0. The third kappa shape index (κ3) is 6.19. The van der Waals surface area contributed by atoms with Crippen LogP contribution in [0.2, 0.25) is 0 Å². The van der Waals surface area contributed by atoms with Crippen LogP contribution in [0.3, 0.4) is 0 Å². The fourth-order valence-corrected chi connectivity index (χ4v) is 1.42. The number of hydrogen-bond donors (Lipinski definition) is 2. The topological polar surface area (TPSA) is 84.9 Å². The standard InChI is InChI=1S/C14H19NO5/c1-2-8-20-12-5-3-11(4-6-12)14(18)15-7-9-19-10-13(16)17/h3-6H,2,7-10H2,1H3,(H,15,18)(H,16,17). The van der Waals surface area contributed by atoms with Crippen LogP contribution in [0, 0.1) is 0 Å². The normalized spacial score (nSPS) is 10.1. The highest BCUT2D eigenvalue weighted by atomic mass is 16.5. The second-order valence-electron chi connectivity index (χ2n) is 4.08. The molecule has 0 spiro atoms. The Bertz CT molecular complexity index is 430. The number of nitrogens with one attached hydrogen (secondary N) is 1. The van der Waals surface area contributed by atoms with Crippen molar-refractivity contribution < 1.29 is 24.2 Å². The van der Waals surface area contributed by atoms with Crippen molar-refractivity contribution in [3.63, 3.8) is 0 Å². The van der Waals surface area contributed by atoms with Gasteiger partial charge < -0.3 is 19.9 Å². The van der Waals surface area contributed by atoms with Gasteiger partial charge in [0.15, 0.2) is 0 Å². The van der Waals surface area contributed by atoms with Crippen LogP contribution in [0.25, 0.3) is 0 Å². The Balaban J connectivity index is 2.30. The average molecular weight is 281 g/mol. The van der Waals surface area contributed by atoms with Gasteiger partial charge in [-0.1, -0.05) is 6.92 Å². The average Bonchev–Trinajstić information content (AvgIpc) is 2.44. The molecule has 110 valence electrons. The molecule has 0 bridgehead atoms. The fraction of sp³-hybridized carbons (Fsp3) is 0.429. The number of carboxylic acids is 1. The molecule has 0 saturated heterocycles. The third-order valence-electron chi connectivity index (χ3n) is 2.35. The van der Waals surface area contributed by atoms with Crippen molar-refractivity contribution in [3.05, 3.63) is 29.8 Å². The van der Waals surface area contributed by atoms with Crippen molar-refractivity contribution in [1.29, 1.82) is 0 Å². The molecule has 1 aromatic rings. The largest absolute Gasteiger partial charge is 0.494 e. The van der Waals surface area contributed by atoms with E-state index < -0.39 is 5.97 Å². The smallest absolute Gasteiger partial charge is 0.329 e. The molecule has 0 aliphatic carbocycles. The molecule has 0 radical (unpaired) electrons. The SMILES string of the molecule is CCCOc1ccc(C(=O)NCCOCC(=O)O)cc1. The van der Waals surface area contributed by atoms with Crippen molar-refractivity contribution in [1.82, 2.24) is 5.32 Å². The first-order valence-electron chi connectivity index (χ1n) is 6.44. The van der Waals surface area contributed by atoms with Crippen molar-refractivity contribution in [3.8, 4) is 5.75 Å². The quantitative estimate of drug-likeness (QED) is 0.667. The van der Waals surface area contributed by atoms with E-state index in [1.807, 2.05) is 6.92 Å². The molecular weight excluding hydrogens is 262 g/mol. The predicted octanol–water partition coefficient (Wildman–Crippen LogP) is 1.31. The lowest BCUT2D eigenvalue weighted by Gasteiger charge is -2.07. The molecule has 0 aliphatic heterocycles. The van der Waals surface area contributed by atoms with Gasteiger partial charge in [0.2, 0.25) is 0 Å². The summed E-state index contributed by atoms with van der Waals surface area (Å²) < 4.78 is 10.2. The van der Waals surface area contributed by atoms with Gasteiger partial charge in [-0.15, -0.1) is 0 Å². The Morgan fingerprint density at radius 2 is 1.90 bits per heavy atom. The summed E-state index contributed by atoms with van der Waals surface area (Å²) in [6.07, 6.45) is 0.929. The van der Waals surface area contributed by atoms with E-state index >= 15 is 0 Å². The number of carboxylic acid groups (broad SMARTS) is 1. The van der Waals surface area contributed by atoms with Crippen LogP contribution in [0.5, 0.6) is 5.75 Å².